The van der Waals surface area contributed by atoms with Gasteiger partial charge in [-0.05, 0) is 70.4 Å². The number of allylic oxidation sites excluding steroid dienone is 1. The Labute approximate surface area is 187 Å². The molecule has 3 heterocycles. The van der Waals surface area contributed by atoms with E-state index in [0.29, 0.717) is 24.2 Å². The van der Waals surface area contributed by atoms with E-state index in [-0.39, 0.29) is 5.79 Å². The molecule has 0 N–H and O–H groups in total. The predicted molar refractivity (Wildman–Crippen MR) is 122 cm³/mol. The molecule has 1 unspecified atom stereocenters. The molecule has 3 atom stereocenters. The number of rotatable bonds is 5. The van der Waals surface area contributed by atoms with Crippen LogP contribution < -0.4 is 4.74 Å². The van der Waals surface area contributed by atoms with Gasteiger partial charge in [-0.1, -0.05) is 17.7 Å². The van der Waals surface area contributed by atoms with E-state index in [1.807, 2.05) is 0 Å². The first-order chi connectivity index (χ1) is 15.0. The van der Waals surface area contributed by atoms with Gasteiger partial charge in [0.1, 0.15) is 12.4 Å². The fourth-order valence-electron chi connectivity index (χ4n) is 6.30. The van der Waals surface area contributed by atoms with E-state index in [0.717, 1.165) is 44.8 Å². The molecule has 0 radical (unpaired) electrons. The van der Waals surface area contributed by atoms with Crippen LogP contribution in [0.4, 0.5) is 0 Å². The standard InChI is InChI=1S/C26H38N2O3/c1-20(2)8-13-29-24-6-4-21(5-7-24)16-22-18-27(3)23-17-25(28(22)19-23)9-11-26(12-10-25)30-14-15-31-26/h4-8,22-23H,9-19H2,1-3H3/t22-,23+/m0/s1. The lowest BCUT2D eigenvalue weighted by molar-refractivity contribution is -0.193. The van der Waals surface area contributed by atoms with Crippen LogP contribution >= 0.6 is 0 Å². The van der Waals surface area contributed by atoms with Crippen molar-refractivity contribution in [3.63, 3.8) is 0 Å². The first kappa shape index (κ1) is 21.4. The zero-order valence-corrected chi connectivity index (χ0v) is 19.4. The van der Waals surface area contributed by atoms with Crippen LogP contribution in [0.1, 0.15) is 51.5 Å². The number of hydrogen-bond donors (Lipinski definition) is 0. The summed E-state index contributed by atoms with van der Waals surface area (Å²) in [5.41, 5.74) is 3.02. The van der Waals surface area contributed by atoms with Crippen molar-refractivity contribution in [1.29, 1.82) is 0 Å². The SMILES string of the molecule is CC(C)=CCOc1ccc(C[C@H]2CN(C)[C@H]3CN2C2(CCC4(CC2)OCCO4)C3)cc1. The highest BCUT2D eigenvalue weighted by Gasteiger charge is 2.56. The third-order valence-electron chi connectivity index (χ3n) is 8.09. The number of benzene rings is 1. The van der Waals surface area contributed by atoms with Crippen molar-refractivity contribution >= 4 is 0 Å². The summed E-state index contributed by atoms with van der Waals surface area (Å²) >= 11 is 0. The van der Waals surface area contributed by atoms with Gasteiger partial charge in [-0.2, -0.15) is 0 Å². The normalized spacial score (nSPS) is 31.3. The maximum Gasteiger partial charge on any atom is 0.168 e. The lowest BCUT2D eigenvalue weighted by Gasteiger charge is -2.49. The lowest BCUT2D eigenvalue weighted by atomic mass is 9.76. The Morgan fingerprint density at radius 2 is 1.77 bits per heavy atom. The van der Waals surface area contributed by atoms with Crippen LogP contribution in [0.3, 0.4) is 0 Å². The highest BCUT2D eigenvalue weighted by Crippen LogP contribution is 2.50. The number of nitrogens with zero attached hydrogens (tertiary/aromatic N) is 2. The number of likely N-dealkylation sites (N-methyl/N-ethyl adjacent to an activating group) is 1. The van der Waals surface area contributed by atoms with Crippen LogP contribution in [0, 0.1) is 0 Å². The predicted octanol–water partition coefficient (Wildman–Crippen LogP) is 4.02. The van der Waals surface area contributed by atoms with Crippen molar-refractivity contribution in [3.8, 4) is 5.75 Å². The van der Waals surface area contributed by atoms with E-state index in [4.69, 9.17) is 14.2 Å². The minimum Gasteiger partial charge on any atom is -0.490 e. The highest BCUT2D eigenvalue weighted by atomic mass is 16.7. The fraction of sp³-hybridized carbons (Fsp3) is 0.692. The van der Waals surface area contributed by atoms with E-state index in [9.17, 15) is 0 Å². The largest absolute Gasteiger partial charge is 0.490 e. The Morgan fingerprint density at radius 3 is 2.45 bits per heavy atom. The van der Waals surface area contributed by atoms with Crippen LogP contribution in [0.15, 0.2) is 35.9 Å². The van der Waals surface area contributed by atoms with Gasteiger partial charge in [0.05, 0.1) is 13.2 Å². The van der Waals surface area contributed by atoms with E-state index >= 15 is 0 Å². The molecule has 170 valence electrons. The van der Waals surface area contributed by atoms with E-state index in [1.54, 1.807) is 0 Å². The van der Waals surface area contributed by atoms with Gasteiger partial charge in [-0.25, -0.2) is 0 Å². The first-order valence-electron chi connectivity index (χ1n) is 12.1. The van der Waals surface area contributed by atoms with Crippen LogP contribution in [0.25, 0.3) is 0 Å². The molecule has 2 spiro atoms. The van der Waals surface area contributed by atoms with Crippen molar-refractivity contribution in [2.24, 2.45) is 0 Å². The fourth-order valence-corrected chi connectivity index (χ4v) is 6.30. The average Bonchev–Trinajstić information content (AvgIpc) is 3.34. The average molecular weight is 427 g/mol. The molecule has 4 fully saturated rings. The third-order valence-corrected chi connectivity index (χ3v) is 8.09. The third kappa shape index (κ3) is 4.30. The summed E-state index contributed by atoms with van der Waals surface area (Å²) in [5.74, 6) is 0.681. The molecule has 0 amide bonds. The summed E-state index contributed by atoms with van der Waals surface area (Å²) in [6, 6.07) is 10.0. The van der Waals surface area contributed by atoms with Crippen molar-refractivity contribution < 1.29 is 14.2 Å². The minimum atomic E-state index is -0.272. The molecule has 1 saturated carbocycles. The molecule has 5 nitrogen and oxygen atoms in total. The molecule has 5 rings (SSSR count). The Kier molecular flexibility index (Phi) is 5.89. The maximum atomic E-state index is 6.02. The summed E-state index contributed by atoms with van der Waals surface area (Å²) in [6.07, 6.45) is 9.01. The van der Waals surface area contributed by atoms with Crippen LogP contribution in [0.2, 0.25) is 0 Å². The van der Waals surface area contributed by atoms with Gasteiger partial charge in [0.25, 0.3) is 0 Å². The quantitative estimate of drug-likeness (QED) is 0.665. The van der Waals surface area contributed by atoms with Crippen LogP contribution in [-0.4, -0.2) is 73.2 Å². The zero-order valence-electron chi connectivity index (χ0n) is 19.4. The summed E-state index contributed by atoms with van der Waals surface area (Å²) < 4.78 is 17.9. The molecule has 1 aromatic carbocycles. The Hall–Kier alpha value is -1.40. The second-order valence-electron chi connectivity index (χ2n) is 10.4. The van der Waals surface area contributed by atoms with Crippen molar-refractivity contribution in [2.75, 3.05) is 40.0 Å². The number of ether oxygens (including phenoxy) is 3. The Bertz CT molecular complexity index is 785. The Balaban J connectivity index is 1.25. The first-order valence-corrected chi connectivity index (χ1v) is 12.1. The van der Waals surface area contributed by atoms with Gasteiger partial charge < -0.3 is 19.1 Å². The monoisotopic (exact) mass is 426 g/mol. The molecular formula is C26H38N2O3. The smallest absolute Gasteiger partial charge is 0.168 e. The Morgan fingerprint density at radius 1 is 1.06 bits per heavy atom. The van der Waals surface area contributed by atoms with E-state index in [1.165, 1.54) is 36.9 Å². The molecule has 1 aromatic rings. The van der Waals surface area contributed by atoms with Gasteiger partial charge in [0, 0.05) is 43.6 Å². The van der Waals surface area contributed by atoms with Crippen molar-refractivity contribution in [1.82, 2.24) is 9.80 Å². The molecule has 4 aliphatic rings. The van der Waals surface area contributed by atoms with Gasteiger partial charge in [0.15, 0.2) is 5.79 Å². The molecule has 5 heteroatoms. The number of fused-ring (bicyclic) bond motifs is 3. The van der Waals surface area contributed by atoms with Crippen molar-refractivity contribution in [3.05, 3.63) is 41.5 Å². The van der Waals surface area contributed by atoms with E-state index < -0.39 is 0 Å². The summed E-state index contributed by atoms with van der Waals surface area (Å²) in [7, 11) is 2.32. The summed E-state index contributed by atoms with van der Waals surface area (Å²) in [4.78, 5) is 5.48. The molecule has 31 heavy (non-hydrogen) atoms. The van der Waals surface area contributed by atoms with Crippen LogP contribution in [0.5, 0.6) is 5.75 Å². The lowest BCUT2D eigenvalue weighted by Crippen LogP contribution is -2.58. The highest BCUT2D eigenvalue weighted by molar-refractivity contribution is 5.28. The molecule has 0 aromatic heterocycles. The van der Waals surface area contributed by atoms with Gasteiger partial charge in [-0.3, -0.25) is 4.90 Å². The zero-order chi connectivity index (χ0) is 21.5. The molecule has 3 aliphatic heterocycles. The van der Waals surface area contributed by atoms with Crippen LogP contribution in [-0.2, 0) is 15.9 Å². The van der Waals surface area contributed by atoms with Gasteiger partial charge >= 0.3 is 0 Å². The summed E-state index contributed by atoms with van der Waals surface area (Å²) in [5, 5.41) is 0. The summed E-state index contributed by atoms with van der Waals surface area (Å²) in [6.45, 7) is 8.73. The molecular weight excluding hydrogens is 388 g/mol. The molecule has 1 aliphatic carbocycles. The molecule has 3 saturated heterocycles. The second-order valence-corrected chi connectivity index (χ2v) is 10.4. The van der Waals surface area contributed by atoms with Gasteiger partial charge in [-0.15, -0.1) is 0 Å². The van der Waals surface area contributed by atoms with Gasteiger partial charge in [0.2, 0.25) is 0 Å². The topological polar surface area (TPSA) is 34.2 Å². The molecule has 2 bridgehead atoms. The van der Waals surface area contributed by atoms with E-state index in [2.05, 4.69) is 61.0 Å². The number of piperazine rings is 1. The second kappa shape index (κ2) is 8.51. The number of hydrogen-bond acceptors (Lipinski definition) is 5. The van der Waals surface area contributed by atoms with Crippen molar-refractivity contribution in [2.45, 2.75) is 75.8 Å². The maximum absolute atomic E-state index is 6.02. The minimum absolute atomic E-state index is 0.272.